The average molecular weight is 258 g/mol. The van der Waals surface area contributed by atoms with Crippen molar-refractivity contribution < 1.29 is 14.3 Å². The molecular weight excluding hydrogens is 232 g/mol. The standard InChI is InChI=1S/C13H26N2O3/c1-7-18-10(16)8-15(9(2)3)12(17)11(14)13(4,5)6/h9,11H,7-8,14H2,1-6H3/t11-/m0/s1. The molecule has 0 rings (SSSR count). The van der Waals surface area contributed by atoms with E-state index in [1.165, 1.54) is 4.90 Å². The minimum Gasteiger partial charge on any atom is -0.465 e. The van der Waals surface area contributed by atoms with Gasteiger partial charge in [0.15, 0.2) is 0 Å². The number of esters is 1. The number of hydrogen-bond donors (Lipinski definition) is 1. The topological polar surface area (TPSA) is 72.6 Å². The zero-order chi connectivity index (χ0) is 14.5. The molecular formula is C13H26N2O3. The van der Waals surface area contributed by atoms with Gasteiger partial charge in [-0.3, -0.25) is 9.59 Å². The zero-order valence-corrected chi connectivity index (χ0v) is 12.3. The molecule has 18 heavy (non-hydrogen) atoms. The minimum absolute atomic E-state index is 0.0475. The maximum Gasteiger partial charge on any atom is 0.325 e. The van der Waals surface area contributed by atoms with Crippen LogP contribution < -0.4 is 5.73 Å². The van der Waals surface area contributed by atoms with Crippen LogP contribution in [-0.4, -0.2) is 42.0 Å². The third-order valence-corrected chi connectivity index (χ3v) is 2.71. The van der Waals surface area contributed by atoms with Crippen molar-refractivity contribution in [2.75, 3.05) is 13.2 Å². The third-order valence-electron chi connectivity index (χ3n) is 2.71. The molecule has 0 radical (unpaired) electrons. The molecule has 1 amide bonds. The van der Waals surface area contributed by atoms with Gasteiger partial charge in [-0.1, -0.05) is 20.8 Å². The molecule has 106 valence electrons. The Labute approximate surface area is 110 Å². The van der Waals surface area contributed by atoms with E-state index < -0.39 is 12.0 Å². The van der Waals surface area contributed by atoms with Crippen molar-refractivity contribution >= 4 is 11.9 Å². The first-order valence-corrected chi connectivity index (χ1v) is 6.33. The number of carbonyl (C=O) groups excluding carboxylic acids is 2. The highest BCUT2D eigenvalue weighted by Crippen LogP contribution is 2.20. The zero-order valence-electron chi connectivity index (χ0n) is 12.3. The summed E-state index contributed by atoms with van der Waals surface area (Å²) in [5.41, 5.74) is 5.60. The van der Waals surface area contributed by atoms with Gasteiger partial charge in [0.05, 0.1) is 12.6 Å². The molecule has 0 aliphatic rings. The molecule has 0 unspecified atom stereocenters. The summed E-state index contributed by atoms with van der Waals surface area (Å²) in [5, 5.41) is 0. The fourth-order valence-electron chi connectivity index (χ4n) is 1.41. The Hall–Kier alpha value is -1.10. The Kier molecular flexibility index (Phi) is 6.32. The average Bonchev–Trinajstić information content (AvgIpc) is 2.22. The Bertz CT molecular complexity index is 295. The minimum atomic E-state index is -0.630. The van der Waals surface area contributed by atoms with Crippen LogP contribution in [0.2, 0.25) is 0 Å². The Morgan fingerprint density at radius 1 is 1.28 bits per heavy atom. The van der Waals surface area contributed by atoms with Crippen LogP contribution in [0.25, 0.3) is 0 Å². The number of nitrogens with zero attached hydrogens (tertiary/aromatic N) is 1. The van der Waals surface area contributed by atoms with Crippen LogP contribution >= 0.6 is 0 Å². The van der Waals surface area contributed by atoms with Gasteiger partial charge in [0.2, 0.25) is 5.91 Å². The molecule has 0 heterocycles. The number of rotatable bonds is 5. The fraction of sp³-hybridized carbons (Fsp3) is 0.846. The first-order valence-electron chi connectivity index (χ1n) is 6.33. The Balaban J connectivity index is 4.81. The lowest BCUT2D eigenvalue weighted by molar-refractivity contribution is -0.151. The van der Waals surface area contributed by atoms with Gasteiger partial charge in [-0.2, -0.15) is 0 Å². The molecule has 0 saturated carbocycles. The Morgan fingerprint density at radius 3 is 2.11 bits per heavy atom. The lowest BCUT2D eigenvalue weighted by Crippen LogP contribution is -2.53. The van der Waals surface area contributed by atoms with Crippen LogP contribution in [0.3, 0.4) is 0 Å². The van der Waals surface area contributed by atoms with Crippen molar-refractivity contribution in [2.45, 2.75) is 53.6 Å². The largest absolute Gasteiger partial charge is 0.465 e. The summed E-state index contributed by atoms with van der Waals surface area (Å²) in [4.78, 5) is 25.2. The molecule has 0 aliphatic heterocycles. The maximum absolute atomic E-state index is 12.3. The van der Waals surface area contributed by atoms with E-state index in [9.17, 15) is 9.59 Å². The highest BCUT2D eigenvalue weighted by Gasteiger charge is 2.33. The molecule has 0 spiro atoms. The molecule has 2 N–H and O–H groups in total. The molecule has 5 heteroatoms. The van der Waals surface area contributed by atoms with E-state index in [4.69, 9.17) is 10.5 Å². The fourth-order valence-corrected chi connectivity index (χ4v) is 1.41. The van der Waals surface area contributed by atoms with Crippen LogP contribution in [-0.2, 0) is 14.3 Å². The van der Waals surface area contributed by atoms with Crippen molar-refractivity contribution in [1.82, 2.24) is 4.90 Å². The number of amides is 1. The molecule has 0 bridgehead atoms. The summed E-state index contributed by atoms with van der Waals surface area (Å²) in [6.07, 6.45) is 0. The van der Waals surface area contributed by atoms with Crippen LogP contribution in [0.4, 0.5) is 0 Å². The second kappa shape index (κ2) is 6.73. The highest BCUT2D eigenvalue weighted by molar-refractivity contribution is 5.86. The lowest BCUT2D eigenvalue weighted by Gasteiger charge is -2.33. The molecule has 0 saturated heterocycles. The van der Waals surface area contributed by atoms with Crippen LogP contribution in [0, 0.1) is 5.41 Å². The number of hydrogen-bond acceptors (Lipinski definition) is 4. The monoisotopic (exact) mass is 258 g/mol. The molecule has 5 nitrogen and oxygen atoms in total. The molecule has 0 aromatic rings. The summed E-state index contributed by atoms with van der Waals surface area (Å²) in [6, 6.07) is -0.718. The number of nitrogens with two attached hydrogens (primary N) is 1. The van der Waals surface area contributed by atoms with Gasteiger partial charge in [-0.05, 0) is 26.2 Å². The molecule has 0 aliphatic carbocycles. The van der Waals surface area contributed by atoms with Crippen molar-refractivity contribution in [3.05, 3.63) is 0 Å². The van der Waals surface area contributed by atoms with Crippen LogP contribution in [0.5, 0.6) is 0 Å². The maximum atomic E-state index is 12.3. The summed E-state index contributed by atoms with van der Waals surface area (Å²) in [6.45, 7) is 11.4. The lowest BCUT2D eigenvalue weighted by atomic mass is 9.86. The van der Waals surface area contributed by atoms with Crippen molar-refractivity contribution in [2.24, 2.45) is 11.1 Å². The van der Waals surface area contributed by atoms with E-state index in [0.29, 0.717) is 6.61 Å². The normalized spacial score (nSPS) is 13.3. The van der Waals surface area contributed by atoms with Gasteiger partial charge in [-0.15, -0.1) is 0 Å². The first-order chi connectivity index (χ1) is 8.11. The van der Waals surface area contributed by atoms with E-state index in [1.54, 1.807) is 6.92 Å². The summed E-state index contributed by atoms with van der Waals surface area (Å²) >= 11 is 0. The van der Waals surface area contributed by atoms with E-state index >= 15 is 0 Å². The quantitative estimate of drug-likeness (QED) is 0.751. The second-order valence-corrected chi connectivity index (χ2v) is 5.71. The van der Waals surface area contributed by atoms with Gasteiger partial charge >= 0.3 is 5.97 Å². The molecule has 0 fully saturated rings. The number of carbonyl (C=O) groups is 2. The predicted octanol–water partition coefficient (Wildman–Crippen LogP) is 1.16. The van der Waals surface area contributed by atoms with E-state index in [1.807, 2.05) is 34.6 Å². The molecule has 1 atom stereocenters. The SMILES string of the molecule is CCOC(=O)CN(C(=O)[C@H](N)C(C)(C)C)C(C)C. The first kappa shape index (κ1) is 16.9. The van der Waals surface area contributed by atoms with Gasteiger partial charge < -0.3 is 15.4 Å². The van der Waals surface area contributed by atoms with Crippen molar-refractivity contribution in [3.8, 4) is 0 Å². The van der Waals surface area contributed by atoms with Crippen LogP contribution in [0.15, 0.2) is 0 Å². The smallest absolute Gasteiger partial charge is 0.325 e. The third kappa shape index (κ3) is 5.04. The van der Waals surface area contributed by atoms with Gasteiger partial charge in [0.25, 0.3) is 0 Å². The molecule has 0 aromatic heterocycles. The van der Waals surface area contributed by atoms with Gasteiger partial charge in [-0.25, -0.2) is 0 Å². The van der Waals surface area contributed by atoms with Gasteiger partial charge in [0, 0.05) is 6.04 Å². The second-order valence-electron chi connectivity index (χ2n) is 5.71. The van der Waals surface area contributed by atoms with Crippen molar-refractivity contribution in [1.29, 1.82) is 0 Å². The highest BCUT2D eigenvalue weighted by atomic mass is 16.5. The predicted molar refractivity (Wildman–Crippen MR) is 70.9 cm³/mol. The van der Waals surface area contributed by atoms with E-state index in [2.05, 4.69) is 0 Å². The van der Waals surface area contributed by atoms with Crippen molar-refractivity contribution in [3.63, 3.8) is 0 Å². The summed E-state index contributed by atoms with van der Waals surface area (Å²) in [7, 11) is 0. The van der Waals surface area contributed by atoms with Gasteiger partial charge in [0.1, 0.15) is 6.54 Å². The van der Waals surface area contributed by atoms with E-state index in [-0.39, 0.29) is 23.9 Å². The molecule has 0 aromatic carbocycles. The number of ether oxygens (including phenoxy) is 1. The van der Waals surface area contributed by atoms with Crippen LogP contribution in [0.1, 0.15) is 41.5 Å². The van der Waals surface area contributed by atoms with E-state index in [0.717, 1.165) is 0 Å². The Morgan fingerprint density at radius 2 is 1.78 bits per heavy atom. The summed E-state index contributed by atoms with van der Waals surface area (Å²) < 4.78 is 4.86. The summed E-state index contributed by atoms with van der Waals surface area (Å²) in [5.74, 6) is -0.619.